The number of aliphatic hydroxyl groups is 1. The van der Waals surface area contributed by atoms with Gasteiger partial charge in [0.05, 0.1) is 12.1 Å². The number of carboxylic acids is 1. The molecule has 1 unspecified atom stereocenters. The van der Waals surface area contributed by atoms with Crippen LogP contribution < -0.4 is 5.32 Å². The second-order valence-corrected chi connectivity index (χ2v) is 3.54. The predicted octanol–water partition coefficient (Wildman–Crippen LogP) is -0.124. The van der Waals surface area contributed by atoms with E-state index in [1.54, 1.807) is 19.1 Å². The topological polar surface area (TPSA) is 107 Å². The molecule has 4 N–H and O–H groups in total. The van der Waals surface area contributed by atoms with Crippen LogP contribution in [0, 0.1) is 6.92 Å². The molecule has 0 fully saturated rings. The largest absolute Gasteiger partial charge is 0.507 e. The van der Waals surface area contributed by atoms with Crippen LogP contribution in [0.4, 0.5) is 0 Å². The van der Waals surface area contributed by atoms with E-state index in [1.165, 1.54) is 6.07 Å². The van der Waals surface area contributed by atoms with Gasteiger partial charge in [-0.15, -0.1) is 0 Å². The Kier molecular flexibility index (Phi) is 4.06. The summed E-state index contributed by atoms with van der Waals surface area (Å²) < 4.78 is 0. The number of carboxylic acid groups (broad SMARTS) is 1. The van der Waals surface area contributed by atoms with Crippen LogP contribution in [0.1, 0.15) is 15.9 Å². The summed E-state index contributed by atoms with van der Waals surface area (Å²) in [6.45, 7) is 1.22. The van der Waals surface area contributed by atoms with Gasteiger partial charge in [-0.3, -0.25) is 4.79 Å². The fraction of sp³-hybridized carbons (Fsp3) is 0.273. The summed E-state index contributed by atoms with van der Waals surface area (Å²) in [5.74, 6) is -2.21. The van der Waals surface area contributed by atoms with Gasteiger partial charge in [0.1, 0.15) is 5.75 Å². The highest BCUT2D eigenvalue weighted by Gasteiger charge is 2.17. The molecule has 0 saturated heterocycles. The van der Waals surface area contributed by atoms with Crippen LogP contribution >= 0.6 is 0 Å². The third-order valence-corrected chi connectivity index (χ3v) is 2.22. The minimum atomic E-state index is -1.66. The third kappa shape index (κ3) is 3.18. The first-order valence-electron chi connectivity index (χ1n) is 4.91. The van der Waals surface area contributed by atoms with Gasteiger partial charge in [0, 0.05) is 0 Å². The molecule has 1 aromatic carbocycles. The molecule has 0 bridgehead atoms. The second-order valence-electron chi connectivity index (χ2n) is 3.54. The van der Waals surface area contributed by atoms with Crippen LogP contribution in [-0.2, 0) is 4.79 Å². The highest BCUT2D eigenvalue weighted by molar-refractivity contribution is 5.97. The van der Waals surface area contributed by atoms with Gasteiger partial charge in [-0.1, -0.05) is 12.1 Å². The number of aliphatic carboxylic acids is 1. The molecule has 1 aromatic rings. The van der Waals surface area contributed by atoms with E-state index in [0.717, 1.165) is 0 Å². The average molecular weight is 239 g/mol. The van der Waals surface area contributed by atoms with E-state index in [4.69, 9.17) is 10.2 Å². The molecule has 17 heavy (non-hydrogen) atoms. The Hall–Kier alpha value is -2.08. The van der Waals surface area contributed by atoms with Gasteiger partial charge in [0.2, 0.25) is 0 Å². The van der Waals surface area contributed by atoms with Gasteiger partial charge in [0.25, 0.3) is 5.91 Å². The number of aliphatic hydroxyl groups excluding tert-OH is 1. The number of benzene rings is 1. The number of aromatic hydroxyl groups is 1. The quantitative estimate of drug-likeness (QED) is 0.585. The first-order valence-corrected chi connectivity index (χ1v) is 4.91. The van der Waals surface area contributed by atoms with Crippen LogP contribution in [0.3, 0.4) is 0 Å². The zero-order valence-corrected chi connectivity index (χ0v) is 9.17. The van der Waals surface area contributed by atoms with Crippen LogP contribution in [0.2, 0.25) is 0 Å². The number of amides is 1. The van der Waals surface area contributed by atoms with E-state index in [2.05, 4.69) is 5.32 Å². The van der Waals surface area contributed by atoms with Crippen molar-refractivity contribution in [1.29, 1.82) is 0 Å². The van der Waals surface area contributed by atoms with Crippen molar-refractivity contribution in [2.45, 2.75) is 13.0 Å². The fourth-order valence-corrected chi connectivity index (χ4v) is 1.21. The molecule has 0 aliphatic rings. The number of nitrogens with one attached hydrogen (secondary N) is 1. The lowest BCUT2D eigenvalue weighted by atomic mass is 10.1. The Balaban J connectivity index is 2.71. The first-order chi connectivity index (χ1) is 7.93. The summed E-state index contributed by atoms with van der Waals surface area (Å²) in [5.41, 5.74) is 0.582. The van der Waals surface area contributed by atoms with Gasteiger partial charge in [0.15, 0.2) is 6.10 Å². The summed E-state index contributed by atoms with van der Waals surface area (Å²) in [5, 5.41) is 29.2. The van der Waals surface area contributed by atoms with E-state index in [9.17, 15) is 14.7 Å². The zero-order valence-electron chi connectivity index (χ0n) is 9.17. The molecule has 0 aliphatic carbocycles. The summed E-state index contributed by atoms with van der Waals surface area (Å²) in [6, 6.07) is 4.64. The molecule has 0 heterocycles. The summed E-state index contributed by atoms with van der Waals surface area (Å²) >= 11 is 0. The molecule has 0 saturated carbocycles. The van der Waals surface area contributed by atoms with Crippen molar-refractivity contribution in [2.75, 3.05) is 6.54 Å². The van der Waals surface area contributed by atoms with Crippen molar-refractivity contribution in [3.63, 3.8) is 0 Å². The number of carbonyl (C=O) groups is 2. The van der Waals surface area contributed by atoms with E-state index >= 15 is 0 Å². The van der Waals surface area contributed by atoms with Gasteiger partial charge in [-0.25, -0.2) is 4.79 Å². The van der Waals surface area contributed by atoms with Crippen LogP contribution in [0.5, 0.6) is 5.75 Å². The molecule has 1 amide bonds. The number of carbonyl (C=O) groups excluding carboxylic acids is 1. The Morgan fingerprint density at radius 1 is 1.41 bits per heavy atom. The number of phenols is 1. The summed E-state index contributed by atoms with van der Waals surface area (Å²) in [4.78, 5) is 21.9. The number of hydrogen-bond acceptors (Lipinski definition) is 4. The fourth-order valence-electron chi connectivity index (χ4n) is 1.21. The Morgan fingerprint density at radius 3 is 2.65 bits per heavy atom. The maximum absolute atomic E-state index is 11.6. The zero-order chi connectivity index (χ0) is 13.0. The lowest BCUT2D eigenvalue weighted by molar-refractivity contribution is -0.146. The van der Waals surface area contributed by atoms with Crippen molar-refractivity contribution in [3.05, 3.63) is 29.3 Å². The lowest BCUT2D eigenvalue weighted by Crippen LogP contribution is -2.36. The van der Waals surface area contributed by atoms with Crippen LogP contribution in [-0.4, -0.2) is 39.8 Å². The summed E-state index contributed by atoms with van der Waals surface area (Å²) in [6.07, 6.45) is -1.66. The standard InChI is InChI=1S/C11H13NO5/c1-6-3-2-4-7(9(6)14)10(15)12-5-8(13)11(16)17/h2-4,8,13-14H,5H2,1H3,(H,12,15)(H,16,17). The Bertz CT molecular complexity index is 443. The SMILES string of the molecule is Cc1cccc(C(=O)NCC(O)C(=O)O)c1O. The van der Waals surface area contributed by atoms with E-state index in [0.29, 0.717) is 5.56 Å². The lowest BCUT2D eigenvalue weighted by Gasteiger charge is -2.09. The number of aryl methyl sites for hydroxylation is 1. The maximum Gasteiger partial charge on any atom is 0.334 e. The van der Waals surface area contributed by atoms with E-state index in [-0.39, 0.29) is 11.3 Å². The van der Waals surface area contributed by atoms with Crippen molar-refractivity contribution >= 4 is 11.9 Å². The maximum atomic E-state index is 11.6. The number of para-hydroxylation sites is 1. The van der Waals surface area contributed by atoms with Gasteiger partial charge >= 0.3 is 5.97 Å². The van der Waals surface area contributed by atoms with Crippen molar-refractivity contribution < 1.29 is 24.9 Å². The molecule has 1 rings (SSSR count). The predicted molar refractivity (Wildman–Crippen MR) is 58.8 cm³/mol. The van der Waals surface area contributed by atoms with Crippen molar-refractivity contribution in [1.82, 2.24) is 5.32 Å². The number of hydrogen-bond donors (Lipinski definition) is 4. The molecule has 0 radical (unpaired) electrons. The molecule has 92 valence electrons. The molecular formula is C11H13NO5. The van der Waals surface area contributed by atoms with Crippen LogP contribution in [0.25, 0.3) is 0 Å². The van der Waals surface area contributed by atoms with E-state index in [1.807, 2.05) is 0 Å². The molecule has 6 heteroatoms. The van der Waals surface area contributed by atoms with Crippen molar-refractivity contribution in [2.24, 2.45) is 0 Å². The highest BCUT2D eigenvalue weighted by atomic mass is 16.4. The molecule has 0 aliphatic heterocycles. The molecule has 0 aromatic heterocycles. The minimum absolute atomic E-state index is 0.0441. The third-order valence-electron chi connectivity index (χ3n) is 2.22. The molecule has 0 spiro atoms. The molecule has 6 nitrogen and oxygen atoms in total. The van der Waals surface area contributed by atoms with E-state index < -0.39 is 24.5 Å². The number of rotatable bonds is 4. The normalized spacial score (nSPS) is 11.9. The Labute approximate surface area is 97.5 Å². The van der Waals surface area contributed by atoms with Gasteiger partial charge in [-0.05, 0) is 18.6 Å². The monoisotopic (exact) mass is 239 g/mol. The van der Waals surface area contributed by atoms with Crippen molar-refractivity contribution in [3.8, 4) is 5.75 Å². The smallest absolute Gasteiger partial charge is 0.334 e. The number of phenolic OH excluding ortho intramolecular Hbond substituents is 1. The average Bonchev–Trinajstić information content (AvgIpc) is 2.29. The van der Waals surface area contributed by atoms with Gasteiger partial charge < -0.3 is 20.6 Å². The molecule has 1 atom stereocenters. The van der Waals surface area contributed by atoms with Crippen LogP contribution in [0.15, 0.2) is 18.2 Å². The minimum Gasteiger partial charge on any atom is -0.507 e. The highest BCUT2D eigenvalue weighted by Crippen LogP contribution is 2.20. The van der Waals surface area contributed by atoms with Gasteiger partial charge in [-0.2, -0.15) is 0 Å². The summed E-state index contributed by atoms with van der Waals surface area (Å²) in [7, 11) is 0. The molecular weight excluding hydrogens is 226 g/mol. The second kappa shape index (κ2) is 5.31. The first kappa shape index (κ1) is 13.0. The Morgan fingerprint density at radius 2 is 2.06 bits per heavy atom.